The van der Waals surface area contributed by atoms with E-state index < -0.39 is 0 Å². The van der Waals surface area contributed by atoms with Gasteiger partial charge < -0.3 is 10.2 Å². The minimum atomic E-state index is -0.255. The van der Waals surface area contributed by atoms with Gasteiger partial charge in [-0.2, -0.15) is 5.10 Å². The SMILES string of the molecule is Cc1ccc(C(=O)N2CC(C)CC(C)C2)cc1NC(=O)c1cnn(-c2ccccc2)c1. The van der Waals surface area contributed by atoms with Crippen molar-refractivity contribution in [2.24, 2.45) is 11.8 Å². The number of likely N-dealkylation sites (tertiary alicyclic amines) is 1. The van der Waals surface area contributed by atoms with Gasteiger partial charge >= 0.3 is 0 Å². The summed E-state index contributed by atoms with van der Waals surface area (Å²) in [6.07, 6.45) is 4.39. The van der Waals surface area contributed by atoms with Gasteiger partial charge in [-0.1, -0.05) is 38.1 Å². The number of carbonyl (C=O) groups excluding carboxylic acids is 2. The highest BCUT2D eigenvalue weighted by molar-refractivity contribution is 6.05. The van der Waals surface area contributed by atoms with E-state index in [4.69, 9.17) is 0 Å². The Kier molecular flexibility index (Phi) is 5.89. The molecule has 1 fully saturated rings. The number of nitrogens with one attached hydrogen (secondary N) is 1. The topological polar surface area (TPSA) is 67.2 Å². The van der Waals surface area contributed by atoms with Gasteiger partial charge in [0, 0.05) is 30.5 Å². The van der Waals surface area contributed by atoms with Gasteiger partial charge in [-0.3, -0.25) is 9.59 Å². The van der Waals surface area contributed by atoms with E-state index in [-0.39, 0.29) is 11.8 Å². The molecule has 0 aliphatic carbocycles. The Hall–Kier alpha value is -3.41. The molecule has 2 heterocycles. The van der Waals surface area contributed by atoms with Crippen LogP contribution in [0.15, 0.2) is 60.9 Å². The number of aromatic nitrogens is 2. The molecule has 1 saturated heterocycles. The van der Waals surface area contributed by atoms with E-state index in [1.54, 1.807) is 23.1 Å². The Morgan fingerprint density at radius 3 is 2.42 bits per heavy atom. The van der Waals surface area contributed by atoms with Crippen LogP contribution < -0.4 is 5.32 Å². The molecule has 2 amide bonds. The van der Waals surface area contributed by atoms with Crippen molar-refractivity contribution in [2.45, 2.75) is 27.2 Å². The van der Waals surface area contributed by atoms with Crippen LogP contribution in [0, 0.1) is 18.8 Å². The van der Waals surface area contributed by atoms with Crippen LogP contribution in [0.25, 0.3) is 5.69 Å². The fourth-order valence-electron chi connectivity index (χ4n) is 4.26. The van der Waals surface area contributed by atoms with Crippen LogP contribution in [0.1, 0.15) is 46.5 Å². The molecular formula is C25H28N4O2. The quantitative estimate of drug-likeness (QED) is 0.678. The van der Waals surface area contributed by atoms with Crippen LogP contribution in [-0.4, -0.2) is 39.6 Å². The average molecular weight is 417 g/mol. The van der Waals surface area contributed by atoms with Crippen molar-refractivity contribution in [3.05, 3.63) is 77.6 Å². The number of hydrogen-bond donors (Lipinski definition) is 1. The summed E-state index contributed by atoms with van der Waals surface area (Å²) in [6, 6.07) is 15.1. The van der Waals surface area contributed by atoms with E-state index in [9.17, 15) is 9.59 Å². The number of piperidine rings is 1. The van der Waals surface area contributed by atoms with Gasteiger partial charge in [-0.25, -0.2) is 4.68 Å². The molecule has 1 aliphatic heterocycles. The van der Waals surface area contributed by atoms with Crippen molar-refractivity contribution >= 4 is 17.5 Å². The fourth-order valence-corrected chi connectivity index (χ4v) is 4.26. The Morgan fingerprint density at radius 2 is 1.71 bits per heavy atom. The lowest BCUT2D eigenvalue weighted by Crippen LogP contribution is -2.42. The lowest BCUT2D eigenvalue weighted by atomic mass is 9.91. The summed E-state index contributed by atoms with van der Waals surface area (Å²) in [4.78, 5) is 27.8. The first-order chi connectivity index (χ1) is 14.9. The molecule has 0 radical (unpaired) electrons. The highest BCUT2D eigenvalue weighted by atomic mass is 16.2. The molecule has 6 nitrogen and oxygen atoms in total. The molecule has 1 aromatic heterocycles. The summed E-state index contributed by atoms with van der Waals surface area (Å²) in [7, 11) is 0. The highest BCUT2D eigenvalue weighted by Crippen LogP contribution is 2.24. The molecule has 0 bridgehead atoms. The van der Waals surface area contributed by atoms with Gasteiger partial charge in [0.2, 0.25) is 0 Å². The summed E-state index contributed by atoms with van der Waals surface area (Å²) in [6.45, 7) is 7.84. The smallest absolute Gasteiger partial charge is 0.258 e. The van der Waals surface area contributed by atoms with E-state index in [1.165, 1.54) is 0 Å². The number of carbonyl (C=O) groups is 2. The number of anilines is 1. The maximum atomic E-state index is 13.1. The normalized spacial score (nSPS) is 18.6. The molecule has 2 aromatic carbocycles. The van der Waals surface area contributed by atoms with Crippen LogP contribution in [0.3, 0.4) is 0 Å². The van der Waals surface area contributed by atoms with Gasteiger partial charge in [0.1, 0.15) is 0 Å². The van der Waals surface area contributed by atoms with Gasteiger partial charge in [0.05, 0.1) is 17.4 Å². The number of rotatable bonds is 4. The number of benzene rings is 2. The molecule has 1 N–H and O–H groups in total. The Bertz CT molecular complexity index is 1080. The maximum absolute atomic E-state index is 13.1. The number of nitrogens with zero attached hydrogens (tertiary/aromatic N) is 3. The summed E-state index contributed by atoms with van der Waals surface area (Å²) < 4.78 is 1.67. The average Bonchev–Trinajstić information content (AvgIpc) is 3.25. The minimum absolute atomic E-state index is 0.0193. The first-order valence-corrected chi connectivity index (χ1v) is 10.7. The second-order valence-corrected chi connectivity index (χ2v) is 8.65. The third kappa shape index (κ3) is 4.68. The maximum Gasteiger partial charge on any atom is 0.258 e. The fraction of sp³-hybridized carbons (Fsp3) is 0.320. The standard InChI is InChI=1S/C25H28N4O2/c1-17-11-18(2)15-28(14-17)25(31)20-10-9-19(3)23(12-20)27-24(30)21-13-26-29(16-21)22-7-5-4-6-8-22/h4-10,12-13,16-18H,11,14-15H2,1-3H3,(H,27,30). The number of para-hydroxylation sites is 1. The van der Waals surface area contributed by atoms with Crippen molar-refractivity contribution in [3.8, 4) is 5.69 Å². The van der Waals surface area contributed by atoms with Crippen molar-refractivity contribution in [1.29, 1.82) is 0 Å². The lowest BCUT2D eigenvalue weighted by molar-refractivity contribution is 0.0623. The summed E-state index contributed by atoms with van der Waals surface area (Å²) in [5.41, 5.74) is 3.48. The largest absolute Gasteiger partial charge is 0.338 e. The molecule has 31 heavy (non-hydrogen) atoms. The van der Waals surface area contributed by atoms with Gasteiger partial charge in [0.15, 0.2) is 0 Å². The monoisotopic (exact) mass is 416 g/mol. The van der Waals surface area contributed by atoms with Crippen LogP contribution >= 0.6 is 0 Å². The van der Waals surface area contributed by atoms with Crippen LogP contribution in [0.4, 0.5) is 5.69 Å². The first kappa shape index (κ1) is 20.8. The Morgan fingerprint density at radius 1 is 1.00 bits per heavy atom. The zero-order chi connectivity index (χ0) is 22.0. The van der Waals surface area contributed by atoms with E-state index >= 15 is 0 Å². The molecule has 0 saturated carbocycles. The van der Waals surface area contributed by atoms with E-state index in [2.05, 4.69) is 24.3 Å². The van der Waals surface area contributed by atoms with Crippen LogP contribution in [0.2, 0.25) is 0 Å². The molecule has 6 heteroatoms. The first-order valence-electron chi connectivity index (χ1n) is 10.7. The predicted octanol–water partition coefficient (Wildman–Crippen LogP) is 4.55. The molecular weight excluding hydrogens is 388 g/mol. The van der Waals surface area contributed by atoms with Crippen LogP contribution in [-0.2, 0) is 0 Å². The zero-order valence-corrected chi connectivity index (χ0v) is 18.2. The molecule has 4 rings (SSSR count). The Labute approximate surface area is 182 Å². The van der Waals surface area contributed by atoms with Crippen molar-refractivity contribution in [1.82, 2.24) is 14.7 Å². The summed E-state index contributed by atoms with van der Waals surface area (Å²) in [5.74, 6) is 0.762. The third-order valence-corrected chi connectivity index (χ3v) is 5.75. The van der Waals surface area contributed by atoms with E-state index in [0.717, 1.165) is 30.8 Å². The number of hydrogen-bond acceptors (Lipinski definition) is 3. The number of aryl methyl sites for hydroxylation is 1. The minimum Gasteiger partial charge on any atom is -0.338 e. The van der Waals surface area contributed by atoms with Gasteiger partial charge in [-0.15, -0.1) is 0 Å². The molecule has 0 spiro atoms. The second-order valence-electron chi connectivity index (χ2n) is 8.65. The third-order valence-electron chi connectivity index (χ3n) is 5.75. The molecule has 2 atom stereocenters. The van der Waals surface area contributed by atoms with Crippen molar-refractivity contribution in [3.63, 3.8) is 0 Å². The van der Waals surface area contributed by atoms with Gasteiger partial charge in [-0.05, 0) is 55.0 Å². The van der Waals surface area contributed by atoms with E-state index in [1.807, 2.05) is 54.3 Å². The summed E-state index contributed by atoms with van der Waals surface area (Å²) >= 11 is 0. The molecule has 1 aliphatic rings. The highest BCUT2D eigenvalue weighted by Gasteiger charge is 2.26. The number of amides is 2. The summed E-state index contributed by atoms with van der Waals surface area (Å²) in [5, 5.41) is 7.23. The molecule has 160 valence electrons. The molecule has 3 aromatic rings. The van der Waals surface area contributed by atoms with E-state index in [0.29, 0.717) is 28.7 Å². The zero-order valence-electron chi connectivity index (χ0n) is 18.2. The lowest BCUT2D eigenvalue weighted by Gasteiger charge is -2.35. The van der Waals surface area contributed by atoms with Gasteiger partial charge in [0.25, 0.3) is 11.8 Å². The Balaban J connectivity index is 1.51. The van der Waals surface area contributed by atoms with Crippen molar-refractivity contribution < 1.29 is 9.59 Å². The van der Waals surface area contributed by atoms with Crippen molar-refractivity contribution in [2.75, 3.05) is 18.4 Å². The second kappa shape index (κ2) is 8.76. The molecule has 2 unspecified atom stereocenters. The van der Waals surface area contributed by atoms with Crippen LogP contribution in [0.5, 0.6) is 0 Å². The predicted molar refractivity (Wildman–Crippen MR) is 122 cm³/mol.